The van der Waals surface area contributed by atoms with Crippen LogP contribution in [0.25, 0.3) is 0 Å². The number of carbonyl (C=O) groups excluding carboxylic acids is 3. The monoisotopic (exact) mass is 359 g/mol. The number of thiophene rings is 1. The zero-order chi connectivity index (χ0) is 18.2. The second kappa shape index (κ2) is 9.13. The Hall–Kier alpha value is -2.47. The Labute approximate surface area is 151 Å². The molecule has 1 heterocycles. The molecule has 0 aliphatic carbocycles. The van der Waals surface area contributed by atoms with Crippen molar-refractivity contribution in [1.29, 1.82) is 0 Å². The summed E-state index contributed by atoms with van der Waals surface area (Å²) in [5.41, 5.74) is 1.05. The Kier molecular flexibility index (Phi) is 6.89. The van der Waals surface area contributed by atoms with E-state index in [0.717, 1.165) is 10.4 Å². The molecule has 25 heavy (non-hydrogen) atoms. The van der Waals surface area contributed by atoms with Crippen LogP contribution < -0.4 is 5.32 Å². The first-order valence-electron chi connectivity index (χ1n) is 8.06. The SMILES string of the molecule is CC(=O)NCc1ccc(C(=O)C(C)OC(=O)CCc2ccccc2)s1. The molecule has 5 nitrogen and oxygen atoms in total. The summed E-state index contributed by atoms with van der Waals surface area (Å²) < 4.78 is 5.24. The molecule has 1 aromatic carbocycles. The number of Topliss-reactive ketones (excluding diaryl/α,β-unsaturated/α-hetero) is 1. The van der Waals surface area contributed by atoms with Crippen molar-refractivity contribution in [3.63, 3.8) is 0 Å². The second-order valence-corrected chi connectivity index (χ2v) is 6.83. The van der Waals surface area contributed by atoms with Crippen molar-refractivity contribution >= 4 is 29.0 Å². The molecule has 0 aliphatic heterocycles. The highest BCUT2D eigenvalue weighted by Crippen LogP contribution is 2.19. The normalized spacial score (nSPS) is 11.6. The number of benzene rings is 1. The van der Waals surface area contributed by atoms with Crippen LogP contribution in [0.2, 0.25) is 0 Å². The van der Waals surface area contributed by atoms with Crippen molar-refractivity contribution in [2.75, 3.05) is 0 Å². The molecule has 1 aromatic heterocycles. The number of hydrogen-bond acceptors (Lipinski definition) is 5. The first-order chi connectivity index (χ1) is 12.0. The molecule has 0 saturated carbocycles. The summed E-state index contributed by atoms with van der Waals surface area (Å²) in [5, 5.41) is 2.68. The molecule has 132 valence electrons. The lowest BCUT2D eigenvalue weighted by atomic mass is 10.1. The molecule has 1 unspecified atom stereocenters. The quantitative estimate of drug-likeness (QED) is 0.580. The smallest absolute Gasteiger partial charge is 0.306 e. The fourth-order valence-corrected chi connectivity index (χ4v) is 3.18. The average molecular weight is 359 g/mol. The molecule has 0 radical (unpaired) electrons. The lowest BCUT2D eigenvalue weighted by molar-refractivity contribution is -0.146. The van der Waals surface area contributed by atoms with E-state index < -0.39 is 6.10 Å². The minimum Gasteiger partial charge on any atom is -0.454 e. The number of aryl methyl sites for hydroxylation is 1. The number of hydrogen-bond donors (Lipinski definition) is 1. The maximum atomic E-state index is 12.4. The Morgan fingerprint density at radius 3 is 2.52 bits per heavy atom. The van der Waals surface area contributed by atoms with Crippen LogP contribution in [-0.2, 0) is 27.3 Å². The molecule has 2 rings (SSSR count). The first-order valence-corrected chi connectivity index (χ1v) is 8.88. The molecular formula is C19H21NO4S. The number of amides is 1. The number of ketones is 1. The van der Waals surface area contributed by atoms with Gasteiger partial charge in [-0.2, -0.15) is 0 Å². The number of carbonyl (C=O) groups is 3. The van der Waals surface area contributed by atoms with Crippen LogP contribution in [0.5, 0.6) is 0 Å². The molecule has 1 N–H and O–H groups in total. The van der Waals surface area contributed by atoms with Gasteiger partial charge in [0.2, 0.25) is 11.7 Å². The van der Waals surface area contributed by atoms with Crippen LogP contribution in [0, 0.1) is 0 Å². The van der Waals surface area contributed by atoms with Gasteiger partial charge in [0.1, 0.15) is 0 Å². The average Bonchev–Trinajstić information content (AvgIpc) is 3.07. The maximum Gasteiger partial charge on any atom is 0.306 e. The third kappa shape index (κ3) is 6.15. The first kappa shape index (κ1) is 18.9. The summed E-state index contributed by atoms with van der Waals surface area (Å²) in [4.78, 5) is 36.6. The molecule has 0 saturated heterocycles. The van der Waals surface area contributed by atoms with Gasteiger partial charge in [-0.3, -0.25) is 14.4 Å². The lowest BCUT2D eigenvalue weighted by Gasteiger charge is -2.11. The molecule has 6 heteroatoms. The summed E-state index contributed by atoms with van der Waals surface area (Å²) in [5.74, 6) is -0.742. The fourth-order valence-electron chi connectivity index (χ4n) is 2.22. The van der Waals surface area contributed by atoms with Crippen molar-refractivity contribution < 1.29 is 19.1 Å². The van der Waals surface area contributed by atoms with Crippen molar-refractivity contribution in [1.82, 2.24) is 5.32 Å². The highest BCUT2D eigenvalue weighted by Gasteiger charge is 2.21. The van der Waals surface area contributed by atoms with Gasteiger partial charge in [0.25, 0.3) is 0 Å². The Bertz CT molecular complexity index is 739. The van der Waals surface area contributed by atoms with Crippen molar-refractivity contribution in [2.45, 2.75) is 39.3 Å². The molecule has 0 fully saturated rings. The lowest BCUT2D eigenvalue weighted by Crippen LogP contribution is -2.24. The van der Waals surface area contributed by atoms with Gasteiger partial charge in [0, 0.05) is 18.2 Å². The molecule has 2 aromatic rings. The summed E-state index contributed by atoms with van der Waals surface area (Å²) in [6.07, 6.45) is -0.00383. The van der Waals surface area contributed by atoms with Crippen molar-refractivity contribution in [2.24, 2.45) is 0 Å². The van der Waals surface area contributed by atoms with Crippen LogP contribution in [0.1, 0.15) is 40.4 Å². The van der Waals surface area contributed by atoms with E-state index in [1.807, 2.05) is 30.3 Å². The van der Waals surface area contributed by atoms with Crippen LogP contribution in [0.3, 0.4) is 0 Å². The van der Waals surface area contributed by atoms with Gasteiger partial charge in [-0.25, -0.2) is 0 Å². The van der Waals surface area contributed by atoms with E-state index in [1.165, 1.54) is 18.3 Å². The van der Waals surface area contributed by atoms with Crippen LogP contribution in [0.4, 0.5) is 0 Å². The van der Waals surface area contributed by atoms with E-state index in [4.69, 9.17) is 4.74 Å². The molecular weight excluding hydrogens is 338 g/mol. The van der Waals surface area contributed by atoms with Gasteiger partial charge >= 0.3 is 5.97 Å². The number of nitrogens with one attached hydrogen (secondary N) is 1. The van der Waals surface area contributed by atoms with Gasteiger partial charge < -0.3 is 10.1 Å². The van der Waals surface area contributed by atoms with Crippen LogP contribution in [0.15, 0.2) is 42.5 Å². The highest BCUT2D eigenvalue weighted by molar-refractivity contribution is 7.14. The summed E-state index contributed by atoms with van der Waals surface area (Å²) >= 11 is 1.29. The van der Waals surface area contributed by atoms with Gasteiger partial charge in [-0.05, 0) is 31.0 Å². The maximum absolute atomic E-state index is 12.4. The van der Waals surface area contributed by atoms with E-state index in [1.54, 1.807) is 19.1 Å². The van der Waals surface area contributed by atoms with E-state index in [9.17, 15) is 14.4 Å². The van der Waals surface area contributed by atoms with Crippen LogP contribution in [-0.4, -0.2) is 23.8 Å². The zero-order valence-corrected chi connectivity index (χ0v) is 15.1. The Balaban J connectivity index is 1.83. The standard InChI is InChI=1S/C19H21NO4S/c1-13(24-18(22)11-8-15-6-4-3-5-7-15)19(23)17-10-9-16(25-17)12-20-14(2)21/h3-7,9-10,13H,8,11-12H2,1-2H3,(H,20,21). The number of ether oxygens (including phenoxy) is 1. The molecule has 0 spiro atoms. The fraction of sp³-hybridized carbons (Fsp3) is 0.316. The second-order valence-electron chi connectivity index (χ2n) is 5.66. The predicted octanol–water partition coefficient (Wildman–Crippen LogP) is 3.13. The Morgan fingerprint density at radius 1 is 1.12 bits per heavy atom. The number of esters is 1. The minimum atomic E-state index is -0.824. The van der Waals surface area contributed by atoms with E-state index in [2.05, 4.69) is 5.32 Å². The largest absolute Gasteiger partial charge is 0.454 e. The Morgan fingerprint density at radius 2 is 1.84 bits per heavy atom. The minimum absolute atomic E-state index is 0.123. The van der Waals surface area contributed by atoms with Gasteiger partial charge in [-0.1, -0.05) is 30.3 Å². The third-order valence-electron chi connectivity index (χ3n) is 3.55. The third-order valence-corrected chi connectivity index (χ3v) is 4.65. The van der Waals surface area contributed by atoms with Gasteiger partial charge in [0.15, 0.2) is 6.10 Å². The van der Waals surface area contributed by atoms with Crippen molar-refractivity contribution in [3.05, 3.63) is 57.8 Å². The topological polar surface area (TPSA) is 72.5 Å². The highest BCUT2D eigenvalue weighted by atomic mass is 32.1. The summed E-state index contributed by atoms with van der Waals surface area (Å²) in [7, 11) is 0. The molecule has 1 atom stereocenters. The van der Waals surface area contributed by atoms with Gasteiger partial charge in [-0.15, -0.1) is 11.3 Å². The van der Waals surface area contributed by atoms with E-state index >= 15 is 0 Å². The zero-order valence-electron chi connectivity index (χ0n) is 14.3. The molecule has 0 aliphatic rings. The predicted molar refractivity (Wildman–Crippen MR) is 96.5 cm³/mol. The summed E-state index contributed by atoms with van der Waals surface area (Å²) in [6.45, 7) is 3.41. The molecule has 1 amide bonds. The number of rotatable bonds is 8. The van der Waals surface area contributed by atoms with E-state index in [-0.39, 0.29) is 24.1 Å². The van der Waals surface area contributed by atoms with Crippen molar-refractivity contribution in [3.8, 4) is 0 Å². The van der Waals surface area contributed by atoms with Crippen LogP contribution >= 0.6 is 11.3 Å². The summed E-state index contributed by atoms with van der Waals surface area (Å²) in [6, 6.07) is 13.1. The van der Waals surface area contributed by atoms with Gasteiger partial charge in [0.05, 0.1) is 11.4 Å². The van der Waals surface area contributed by atoms with E-state index in [0.29, 0.717) is 17.8 Å². The molecule has 0 bridgehead atoms.